The molecule has 0 saturated carbocycles. The lowest BCUT2D eigenvalue weighted by Crippen LogP contribution is -2.18. The number of nitrogens with zero attached hydrogens (tertiary/aromatic N) is 3. The lowest BCUT2D eigenvalue weighted by Gasteiger charge is -2.13. The first-order chi connectivity index (χ1) is 40.9. The SMILES string of the molecule is C=CC(=O)OCCCCCCCCCOc1ccc(OC(=O)c2ccc(C(=O)Oc3ccc(OCCCCCCCCCOC(=O)C=C)cc3)c(C(=O)OCc3ccc(OC(=O)c4ccc(N=Nc5ccc([N+](=O)[O-])cc5)cc4)cc3)c2)cc1. The van der Waals surface area contributed by atoms with Crippen molar-refractivity contribution in [1.29, 1.82) is 0 Å². The highest BCUT2D eigenvalue weighted by Crippen LogP contribution is 2.26. The molecule has 19 heteroatoms. The zero-order chi connectivity index (χ0) is 59.7. The fourth-order valence-corrected chi connectivity index (χ4v) is 8.04. The maximum absolute atomic E-state index is 13.9. The van der Waals surface area contributed by atoms with Crippen molar-refractivity contribution in [2.45, 2.75) is 96.5 Å². The zero-order valence-electron chi connectivity index (χ0n) is 46.7. The molecule has 6 aromatic carbocycles. The van der Waals surface area contributed by atoms with Gasteiger partial charge in [-0.05, 0) is 147 Å². The van der Waals surface area contributed by atoms with Gasteiger partial charge >= 0.3 is 35.8 Å². The number of nitro groups is 1. The van der Waals surface area contributed by atoms with E-state index in [4.69, 9.17) is 37.9 Å². The Kier molecular flexibility index (Phi) is 26.5. The third-order valence-corrected chi connectivity index (χ3v) is 12.6. The maximum atomic E-state index is 13.9. The number of rotatable bonds is 36. The minimum atomic E-state index is -0.941. The van der Waals surface area contributed by atoms with Gasteiger partial charge in [-0.15, -0.1) is 0 Å². The Morgan fingerprint density at radius 2 is 0.786 bits per heavy atom. The Balaban J connectivity index is 1.01. The fraction of sp³-hybridized carbons (Fsp3) is 0.292. The number of hydrogen-bond acceptors (Lipinski definition) is 18. The molecule has 0 atom stereocenters. The summed E-state index contributed by atoms with van der Waals surface area (Å²) < 4.78 is 44.4. The predicted octanol–water partition coefficient (Wildman–Crippen LogP) is 14.7. The maximum Gasteiger partial charge on any atom is 0.344 e. The Morgan fingerprint density at radius 1 is 0.405 bits per heavy atom. The molecule has 6 aromatic rings. The molecule has 0 aliphatic heterocycles. The summed E-state index contributed by atoms with van der Waals surface area (Å²) in [5, 5.41) is 19.1. The highest BCUT2D eigenvalue weighted by molar-refractivity contribution is 6.06. The zero-order valence-corrected chi connectivity index (χ0v) is 46.7. The quantitative estimate of drug-likeness (QED) is 0.00519. The minimum Gasteiger partial charge on any atom is -0.494 e. The highest BCUT2D eigenvalue weighted by Gasteiger charge is 2.24. The monoisotopic (exact) mass is 1150 g/mol. The molecular weight excluding hydrogens is 1080 g/mol. The average molecular weight is 1150 g/mol. The summed E-state index contributed by atoms with van der Waals surface area (Å²) >= 11 is 0. The molecular formula is C65H67N3O16. The van der Waals surface area contributed by atoms with E-state index in [-0.39, 0.29) is 51.8 Å². The van der Waals surface area contributed by atoms with Gasteiger partial charge in [-0.3, -0.25) is 10.1 Å². The second kappa shape index (κ2) is 35.2. The van der Waals surface area contributed by atoms with Crippen LogP contribution in [0, 0.1) is 10.1 Å². The molecule has 0 spiro atoms. The predicted molar refractivity (Wildman–Crippen MR) is 311 cm³/mol. The Bertz CT molecular complexity index is 3160. The molecule has 6 rings (SSSR count). The number of carbonyl (C=O) groups excluding carboxylic acids is 6. The average Bonchev–Trinajstić information content (AvgIpc) is 3.70. The van der Waals surface area contributed by atoms with Crippen molar-refractivity contribution in [3.63, 3.8) is 0 Å². The molecule has 0 bridgehead atoms. The third-order valence-electron chi connectivity index (χ3n) is 12.6. The number of hydrogen-bond donors (Lipinski definition) is 0. The van der Waals surface area contributed by atoms with Crippen LogP contribution < -0.4 is 23.7 Å². The van der Waals surface area contributed by atoms with Crippen LogP contribution in [0.4, 0.5) is 17.1 Å². The standard InChI is InChI=1S/C65H67N3O16/c1-3-60(69)79-43-17-13-9-5-7-11-15-41-77-53-32-36-56(37-33-53)83-63(72)49-23-40-58(65(74)84-57-38-34-54(35-39-57)78-42-16-12-8-6-10-14-18-44-80-61(70)4-2)59(45-49)64(73)81-46-47-19-30-55(31-20-47)82-62(71)48-21-24-50(25-22-48)66-67-51-26-28-52(29-27-51)68(75)76/h3-4,19-40,45H,1-2,5-18,41-44,46H2. The number of non-ortho nitro benzene ring substituents is 1. The van der Waals surface area contributed by atoms with Crippen molar-refractivity contribution in [2.75, 3.05) is 26.4 Å². The Hall–Kier alpha value is -9.78. The van der Waals surface area contributed by atoms with Gasteiger partial charge in [0.1, 0.15) is 35.4 Å². The van der Waals surface area contributed by atoms with Gasteiger partial charge in [-0.1, -0.05) is 89.5 Å². The molecule has 0 aliphatic carbocycles. The van der Waals surface area contributed by atoms with Gasteiger partial charge < -0.3 is 37.9 Å². The van der Waals surface area contributed by atoms with Gasteiger partial charge in [0.2, 0.25) is 0 Å². The number of nitro benzene ring substituents is 1. The van der Waals surface area contributed by atoms with Crippen molar-refractivity contribution in [3.8, 4) is 28.7 Å². The molecule has 0 radical (unpaired) electrons. The second-order valence-corrected chi connectivity index (χ2v) is 19.0. The van der Waals surface area contributed by atoms with Crippen molar-refractivity contribution < 1.29 is 71.6 Å². The summed E-state index contributed by atoms with van der Waals surface area (Å²) in [4.78, 5) is 86.9. The summed E-state index contributed by atoms with van der Waals surface area (Å²) in [5.74, 6) is -2.32. The number of benzene rings is 6. The number of ether oxygens (including phenoxy) is 8. The number of esters is 6. The molecule has 0 aliphatic rings. The summed E-state index contributed by atoms with van der Waals surface area (Å²) in [5.41, 5.74) is 1.01. The first-order valence-corrected chi connectivity index (χ1v) is 27.7. The van der Waals surface area contributed by atoms with Crippen LogP contribution in [0.15, 0.2) is 175 Å². The lowest BCUT2D eigenvalue weighted by molar-refractivity contribution is -0.384. The molecule has 84 heavy (non-hydrogen) atoms. The van der Waals surface area contributed by atoms with Crippen LogP contribution in [-0.2, 0) is 30.4 Å². The molecule has 0 aromatic heterocycles. The van der Waals surface area contributed by atoms with Gasteiger partial charge in [-0.2, -0.15) is 10.2 Å². The number of unbranched alkanes of at least 4 members (excludes halogenated alkanes) is 12. The molecule has 0 fully saturated rings. The van der Waals surface area contributed by atoms with E-state index in [9.17, 15) is 38.9 Å². The fourth-order valence-electron chi connectivity index (χ4n) is 8.04. The first-order valence-electron chi connectivity index (χ1n) is 27.7. The minimum absolute atomic E-state index is 0.0485. The van der Waals surface area contributed by atoms with E-state index in [1.807, 2.05) is 0 Å². The molecule has 0 unspecified atom stereocenters. The van der Waals surface area contributed by atoms with Crippen LogP contribution in [0.25, 0.3) is 0 Å². The van der Waals surface area contributed by atoms with E-state index in [1.54, 1.807) is 72.8 Å². The number of carbonyl (C=O) groups is 6. The van der Waals surface area contributed by atoms with Crippen molar-refractivity contribution in [3.05, 3.63) is 203 Å². The molecule has 438 valence electrons. The molecule has 0 N–H and O–H groups in total. The second-order valence-electron chi connectivity index (χ2n) is 19.0. The smallest absolute Gasteiger partial charge is 0.344 e. The summed E-state index contributed by atoms with van der Waals surface area (Å²) in [6.07, 6.45) is 16.0. The van der Waals surface area contributed by atoms with Gasteiger partial charge in [0.15, 0.2) is 0 Å². The van der Waals surface area contributed by atoms with Gasteiger partial charge in [0.25, 0.3) is 5.69 Å². The van der Waals surface area contributed by atoms with E-state index in [0.717, 1.165) is 102 Å². The molecule has 19 nitrogen and oxygen atoms in total. The Morgan fingerprint density at radius 3 is 1.24 bits per heavy atom. The lowest BCUT2D eigenvalue weighted by atomic mass is 10.0. The summed E-state index contributed by atoms with van der Waals surface area (Å²) in [6.45, 7) is 8.33. The van der Waals surface area contributed by atoms with Crippen molar-refractivity contribution in [1.82, 2.24) is 0 Å². The van der Waals surface area contributed by atoms with Gasteiger partial charge in [0.05, 0.1) is 65.0 Å². The third kappa shape index (κ3) is 22.6. The van der Waals surface area contributed by atoms with Crippen LogP contribution in [0.5, 0.6) is 28.7 Å². The summed E-state index contributed by atoms with van der Waals surface area (Å²) in [6, 6.07) is 34.8. The van der Waals surface area contributed by atoms with E-state index >= 15 is 0 Å². The first kappa shape index (κ1) is 63.4. The molecule has 0 amide bonds. The molecule has 0 saturated heterocycles. The topological polar surface area (TPSA) is 244 Å². The van der Waals surface area contributed by atoms with Crippen LogP contribution in [0.1, 0.15) is 137 Å². The van der Waals surface area contributed by atoms with Crippen molar-refractivity contribution >= 4 is 52.9 Å². The molecule has 0 heterocycles. The largest absolute Gasteiger partial charge is 0.494 e. The normalized spacial score (nSPS) is 10.8. The van der Waals surface area contributed by atoms with E-state index in [2.05, 4.69) is 23.4 Å². The van der Waals surface area contributed by atoms with E-state index < -0.39 is 40.7 Å². The number of azo groups is 1. The van der Waals surface area contributed by atoms with E-state index in [1.165, 1.54) is 66.7 Å². The Labute approximate surface area is 487 Å². The van der Waals surface area contributed by atoms with Gasteiger partial charge in [0, 0.05) is 24.3 Å². The van der Waals surface area contributed by atoms with E-state index in [0.29, 0.717) is 54.9 Å². The van der Waals surface area contributed by atoms with Crippen LogP contribution >= 0.6 is 0 Å². The van der Waals surface area contributed by atoms with Crippen molar-refractivity contribution in [2.24, 2.45) is 10.2 Å². The van der Waals surface area contributed by atoms with Crippen LogP contribution in [0.3, 0.4) is 0 Å². The highest BCUT2D eigenvalue weighted by atomic mass is 16.6. The van der Waals surface area contributed by atoms with Crippen LogP contribution in [0.2, 0.25) is 0 Å². The summed E-state index contributed by atoms with van der Waals surface area (Å²) in [7, 11) is 0. The van der Waals surface area contributed by atoms with Gasteiger partial charge in [-0.25, -0.2) is 28.8 Å². The van der Waals surface area contributed by atoms with Crippen LogP contribution in [-0.4, -0.2) is 67.2 Å².